The van der Waals surface area contributed by atoms with E-state index in [-0.39, 0.29) is 30.6 Å². The van der Waals surface area contributed by atoms with Crippen LogP contribution < -0.4 is 10.6 Å². The number of aromatic amines is 1. The van der Waals surface area contributed by atoms with Crippen molar-refractivity contribution < 1.29 is 34.2 Å². The van der Waals surface area contributed by atoms with E-state index in [2.05, 4.69) is 10.2 Å². The zero-order valence-corrected chi connectivity index (χ0v) is 19.1. The van der Waals surface area contributed by atoms with Gasteiger partial charge in [-0.2, -0.15) is 5.10 Å². The van der Waals surface area contributed by atoms with Crippen LogP contribution in [0.3, 0.4) is 0 Å². The number of rotatable bonds is 3. The maximum atomic E-state index is 13.8. The number of phenolic OH excluding ortho intramolecular Hbond substituents is 1. The lowest BCUT2D eigenvalue weighted by molar-refractivity contribution is -0.175. The van der Waals surface area contributed by atoms with E-state index in [1.807, 2.05) is 0 Å². The highest BCUT2D eigenvalue weighted by atomic mass is 16.3. The van der Waals surface area contributed by atoms with Crippen molar-refractivity contribution in [2.45, 2.75) is 24.9 Å². The van der Waals surface area contributed by atoms with E-state index in [0.29, 0.717) is 22.5 Å². The van der Waals surface area contributed by atoms with E-state index >= 15 is 0 Å². The molecule has 5 atom stereocenters. The molecule has 11 nitrogen and oxygen atoms in total. The number of aromatic nitrogens is 2. The first-order valence-electron chi connectivity index (χ1n) is 11.2. The third kappa shape index (κ3) is 3.00. The second-order valence-corrected chi connectivity index (χ2v) is 9.75. The van der Waals surface area contributed by atoms with E-state index in [1.54, 1.807) is 31.1 Å². The molecular weight excluding hydrogens is 456 g/mol. The molecule has 0 radical (unpaired) electrons. The van der Waals surface area contributed by atoms with Crippen LogP contribution in [-0.2, 0) is 25.6 Å². The number of nitrogens with zero attached hydrogens (tertiary/aromatic N) is 2. The number of nitrogens with one attached hydrogen (secondary N) is 1. The smallest absolute Gasteiger partial charge is 0.235 e. The Morgan fingerprint density at radius 2 is 1.91 bits per heavy atom. The van der Waals surface area contributed by atoms with Crippen molar-refractivity contribution in [3.05, 3.63) is 29.5 Å². The molecule has 1 aromatic heterocycles. The van der Waals surface area contributed by atoms with Gasteiger partial charge in [-0.1, -0.05) is 0 Å². The SMILES string of the molecule is CN(C)c1cc(-c2ccn[nH]2)c(O)c2c1CC1CC3CC(=O)C(C(N)=O)C(=O)[C@@]3(O)C(=O)C1C2=O. The molecule has 11 heteroatoms. The van der Waals surface area contributed by atoms with Crippen molar-refractivity contribution in [1.82, 2.24) is 10.2 Å². The fourth-order valence-electron chi connectivity index (χ4n) is 6.03. The minimum atomic E-state index is -2.66. The molecule has 2 fully saturated rings. The molecular formula is C24H24N4O7. The van der Waals surface area contributed by atoms with Crippen LogP contribution in [0.25, 0.3) is 11.3 Å². The number of nitrogens with two attached hydrogens (primary N) is 1. The molecule has 1 amide bonds. The van der Waals surface area contributed by atoms with E-state index in [9.17, 15) is 34.2 Å². The van der Waals surface area contributed by atoms with Crippen molar-refractivity contribution in [2.75, 3.05) is 19.0 Å². The third-order valence-corrected chi connectivity index (χ3v) is 7.65. The highest BCUT2D eigenvalue weighted by molar-refractivity contribution is 6.31. The predicted molar refractivity (Wildman–Crippen MR) is 120 cm³/mol. The molecule has 182 valence electrons. The fourth-order valence-corrected chi connectivity index (χ4v) is 6.03. The van der Waals surface area contributed by atoms with Gasteiger partial charge in [-0.25, -0.2) is 0 Å². The van der Waals surface area contributed by atoms with Crippen molar-refractivity contribution >= 4 is 34.7 Å². The van der Waals surface area contributed by atoms with Crippen LogP contribution >= 0.6 is 0 Å². The molecule has 3 aliphatic rings. The van der Waals surface area contributed by atoms with Gasteiger partial charge in [-0.15, -0.1) is 0 Å². The molecule has 1 heterocycles. The largest absolute Gasteiger partial charge is 0.506 e. The lowest BCUT2D eigenvalue weighted by Gasteiger charge is -2.48. The number of fused-ring (bicyclic) bond motifs is 3. The summed E-state index contributed by atoms with van der Waals surface area (Å²) in [6.07, 6.45) is 1.40. The van der Waals surface area contributed by atoms with Gasteiger partial charge in [0.2, 0.25) is 5.91 Å². The third-order valence-electron chi connectivity index (χ3n) is 7.65. The summed E-state index contributed by atoms with van der Waals surface area (Å²) >= 11 is 0. The van der Waals surface area contributed by atoms with Crippen LogP contribution in [0.15, 0.2) is 18.3 Å². The highest BCUT2D eigenvalue weighted by Gasteiger charge is 2.66. The first-order valence-corrected chi connectivity index (χ1v) is 11.2. The molecule has 5 rings (SSSR count). The summed E-state index contributed by atoms with van der Waals surface area (Å²) in [6.45, 7) is 0. The maximum Gasteiger partial charge on any atom is 0.235 e. The Hall–Kier alpha value is -3.86. The number of benzene rings is 1. The molecule has 35 heavy (non-hydrogen) atoms. The summed E-state index contributed by atoms with van der Waals surface area (Å²) in [5, 5.41) is 29.1. The number of phenols is 1. The number of primary amides is 1. The van der Waals surface area contributed by atoms with E-state index in [1.165, 1.54) is 6.20 Å². The summed E-state index contributed by atoms with van der Waals surface area (Å²) in [4.78, 5) is 66.4. The number of aromatic hydroxyl groups is 1. The molecule has 2 aromatic rings. The summed E-state index contributed by atoms with van der Waals surface area (Å²) in [5.74, 6) is -10.3. The average molecular weight is 480 g/mol. The minimum absolute atomic E-state index is 0.0526. The molecule has 0 spiro atoms. The number of Topliss-reactive ketones (excluding diaryl/α,β-unsaturated/α-hetero) is 4. The van der Waals surface area contributed by atoms with Crippen LogP contribution in [-0.4, -0.2) is 69.1 Å². The number of ketones is 4. The number of hydrogen-bond acceptors (Lipinski definition) is 9. The van der Waals surface area contributed by atoms with Gasteiger partial charge in [0.1, 0.15) is 5.75 Å². The molecule has 3 aliphatic carbocycles. The number of carbonyl (C=O) groups excluding carboxylic acids is 5. The Balaban J connectivity index is 1.66. The van der Waals surface area contributed by atoms with Crippen LogP contribution in [0.4, 0.5) is 5.69 Å². The quantitative estimate of drug-likeness (QED) is 0.431. The van der Waals surface area contributed by atoms with Gasteiger partial charge in [-0.05, 0) is 36.5 Å². The highest BCUT2D eigenvalue weighted by Crippen LogP contribution is 2.52. The van der Waals surface area contributed by atoms with Crippen molar-refractivity contribution in [3.63, 3.8) is 0 Å². The number of H-pyrrole nitrogens is 1. The number of hydrogen-bond donors (Lipinski definition) is 4. The molecule has 5 N–H and O–H groups in total. The summed E-state index contributed by atoms with van der Waals surface area (Å²) < 4.78 is 0. The van der Waals surface area contributed by atoms with Gasteiger partial charge in [0, 0.05) is 43.9 Å². The number of aliphatic hydroxyl groups is 1. The first kappa shape index (κ1) is 22.9. The van der Waals surface area contributed by atoms with Crippen LogP contribution in [0.2, 0.25) is 0 Å². The second kappa shape index (κ2) is 7.57. The standard InChI is InChI=1S/C24H24N4O7/c1-28(2)14-8-11(13-3-4-26-27-13)19(30)17-12(14)6-9-5-10-7-15(29)18(23(25)34)22(33)24(10,35)21(32)16(9)20(17)31/h3-4,8-10,16,18,30,35H,5-7H2,1-2H3,(H2,25,34)(H,26,27)/t9?,10?,16?,18?,24-/m0/s1. The molecule has 0 aliphatic heterocycles. The minimum Gasteiger partial charge on any atom is -0.506 e. The van der Waals surface area contributed by atoms with Crippen LogP contribution in [0.1, 0.15) is 28.8 Å². The molecule has 2 saturated carbocycles. The normalized spacial score (nSPS) is 29.9. The molecule has 0 bridgehead atoms. The molecule has 4 unspecified atom stereocenters. The summed E-state index contributed by atoms with van der Waals surface area (Å²) in [5.41, 5.74) is 4.47. The lowest BCUT2D eigenvalue weighted by Crippen LogP contribution is -2.68. The van der Waals surface area contributed by atoms with Gasteiger partial charge in [0.05, 0.1) is 17.2 Å². The van der Waals surface area contributed by atoms with Crippen LogP contribution in [0, 0.1) is 23.7 Å². The van der Waals surface area contributed by atoms with E-state index in [0.717, 1.165) is 0 Å². The van der Waals surface area contributed by atoms with Gasteiger partial charge in [0.15, 0.2) is 34.7 Å². The summed E-state index contributed by atoms with van der Waals surface area (Å²) in [6, 6.07) is 3.35. The van der Waals surface area contributed by atoms with Crippen LogP contribution in [0.5, 0.6) is 5.75 Å². The Kier molecular flexibility index (Phi) is 4.96. The second-order valence-electron chi connectivity index (χ2n) is 9.75. The number of carbonyl (C=O) groups is 5. The Bertz CT molecular complexity index is 1320. The Morgan fingerprint density at radius 3 is 2.51 bits per heavy atom. The first-order chi connectivity index (χ1) is 16.5. The summed E-state index contributed by atoms with van der Waals surface area (Å²) in [7, 11) is 3.57. The molecule has 1 aromatic carbocycles. The van der Waals surface area contributed by atoms with E-state index in [4.69, 9.17) is 5.73 Å². The van der Waals surface area contributed by atoms with Gasteiger partial charge >= 0.3 is 0 Å². The number of anilines is 1. The Labute approximate surface area is 199 Å². The fraction of sp³-hybridized carbons (Fsp3) is 0.417. The van der Waals surface area contributed by atoms with Gasteiger partial charge < -0.3 is 20.8 Å². The van der Waals surface area contributed by atoms with Crippen molar-refractivity contribution in [1.29, 1.82) is 0 Å². The molecule has 0 saturated heterocycles. The van der Waals surface area contributed by atoms with Gasteiger partial charge in [0.25, 0.3) is 0 Å². The average Bonchev–Trinajstić information content (AvgIpc) is 3.30. The van der Waals surface area contributed by atoms with Crippen molar-refractivity contribution in [3.8, 4) is 17.0 Å². The van der Waals surface area contributed by atoms with Gasteiger partial charge in [-0.3, -0.25) is 29.1 Å². The Morgan fingerprint density at radius 1 is 1.20 bits per heavy atom. The van der Waals surface area contributed by atoms with E-state index < -0.39 is 58.3 Å². The monoisotopic (exact) mass is 480 g/mol. The lowest BCUT2D eigenvalue weighted by atomic mass is 9.53. The maximum absolute atomic E-state index is 13.8. The zero-order chi connectivity index (χ0) is 25.4. The topological polar surface area (TPSA) is 184 Å². The van der Waals surface area contributed by atoms with Crippen molar-refractivity contribution in [2.24, 2.45) is 29.4 Å². The number of amides is 1. The zero-order valence-electron chi connectivity index (χ0n) is 19.1. The predicted octanol–water partition coefficient (Wildman–Crippen LogP) is -0.217.